The highest BCUT2D eigenvalue weighted by Gasteiger charge is 2.26. The molecule has 0 aromatic heterocycles. The molecule has 2 nitrogen and oxygen atoms in total. The minimum atomic E-state index is -0.707. The number of phenols is 1. The van der Waals surface area contributed by atoms with Crippen LogP contribution in [0.5, 0.6) is 5.75 Å². The highest BCUT2D eigenvalue weighted by molar-refractivity contribution is 5.40. The maximum absolute atomic E-state index is 13.5. The summed E-state index contributed by atoms with van der Waals surface area (Å²) in [5, 5.41) is 12.1. The molecule has 1 atom stereocenters. The smallest absolute Gasteiger partial charge is 0.170 e. The number of nitrogens with one attached hydrogen (secondary N) is 1. The molecule has 76 valence electrons. The number of aromatic hydroxyl groups is 1. The van der Waals surface area contributed by atoms with E-state index in [9.17, 15) is 8.78 Å². The zero-order valence-corrected chi connectivity index (χ0v) is 7.77. The number of hydrogen-bond acceptors (Lipinski definition) is 2. The Labute approximate surface area is 80.6 Å². The number of phenolic OH excluding ortho intramolecular Hbond substituents is 1. The average Bonchev–Trinajstić information content (AvgIpc) is 2.06. The molecule has 1 saturated heterocycles. The molecule has 2 rings (SSSR count). The summed E-state index contributed by atoms with van der Waals surface area (Å²) in [6, 6.07) is 0.656. The monoisotopic (exact) mass is 199 g/mol. The van der Waals surface area contributed by atoms with Gasteiger partial charge in [0.25, 0.3) is 0 Å². The van der Waals surface area contributed by atoms with E-state index in [1.165, 1.54) is 6.92 Å². The molecule has 1 aliphatic rings. The van der Waals surface area contributed by atoms with Crippen molar-refractivity contribution in [1.29, 1.82) is 0 Å². The Morgan fingerprint density at radius 2 is 2.14 bits per heavy atom. The van der Waals surface area contributed by atoms with Gasteiger partial charge in [0.1, 0.15) is 5.82 Å². The number of hydrogen-bond donors (Lipinski definition) is 2. The van der Waals surface area contributed by atoms with Crippen molar-refractivity contribution in [2.24, 2.45) is 0 Å². The lowest BCUT2D eigenvalue weighted by Gasteiger charge is -2.29. The molecule has 1 aliphatic heterocycles. The molecule has 1 heterocycles. The third-order valence-corrected chi connectivity index (χ3v) is 2.66. The summed E-state index contributed by atoms with van der Waals surface area (Å²) in [4.78, 5) is 0. The first-order chi connectivity index (χ1) is 6.61. The van der Waals surface area contributed by atoms with Crippen molar-refractivity contribution in [3.8, 4) is 5.75 Å². The third kappa shape index (κ3) is 1.26. The molecule has 0 spiro atoms. The van der Waals surface area contributed by atoms with Crippen molar-refractivity contribution in [1.82, 2.24) is 5.32 Å². The summed E-state index contributed by atoms with van der Waals surface area (Å²) in [7, 11) is 0. The lowest BCUT2D eigenvalue weighted by atomic mass is 9.93. The van der Waals surface area contributed by atoms with Crippen LogP contribution in [0.4, 0.5) is 8.78 Å². The van der Waals surface area contributed by atoms with Crippen LogP contribution in [0.15, 0.2) is 6.07 Å². The quantitative estimate of drug-likeness (QED) is 0.725. The van der Waals surface area contributed by atoms with Gasteiger partial charge in [-0.05, 0) is 25.5 Å². The van der Waals surface area contributed by atoms with Crippen LogP contribution in [0.1, 0.15) is 23.6 Å². The Bertz CT molecular complexity index is 349. The number of benzene rings is 1. The number of halogens is 2. The van der Waals surface area contributed by atoms with Crippen LogP contribution >= 0.6 is 0 Å². The maximum Gasteiger partial charge on any atom is 0.170 e. The molecular formula is C10H11F2NO. The molecule has 0 radical (unpaired) electrons. The SMILES string of the molecule is Cc1c(F)cc(O)c(F)c1[C@@H]1CCN1. The second-order valence-electron chi connectivity index (χ2n) is 3.53. The Morgan fingerprint density at radius 1 is 1.50 bits per heavy atom. The van der Waals surface area contributed by atoms with E-state index in [1.54, 1.807) is 0 Å². The first-order valence-corrected chi connectivity index (χ1v) is 4.52. The fourth-order valence-electron chi connectivity index (χ4n) is 1.67. The fraction of sp³-hybridized carbons (Fsp3) is 0.400. The first-order valence-electron chi connectivity index (χ1n) is 4.52. The van der Waals surface area contributed by atoms with Gasteiger partial charge in [-0.15, -0.1) is 0 Å². The molecule has 2 N–H and O–H groups in total. The topological polar surface area (TPSA) is 32.3 Å². The third-order valence-electron chi connectivity index (χ3n) is 2.66. The predicted molar refractivity (Wildman–Crippen MR) is 48.1 cm³/mol. The van der Waals surface area contributed by atoms with Crippen molar-refractivity contribution in [2.45, 2.75) is 19.4 Å². The standard InChI is InChI=1S/C10H11F2NO/c1-5-6(11)4-8(14)10(12)9(5)7-2-3-13-7/h4,7,13-14H,2-3H2,1H3/t7-/m0/s1. The summed E-state index contributed by atoms with van der Waals surface area (Å²) in [5.41, 5.74) is 0.534. The normalized spacial score (nSPS) is 20.6. The second-order valence-corrected chi connectivity index (χ2v) is 3.53. The predicted octanol–water partition coefficient (Wildman–Crippen LogP) is 2.01. The van der Waals surface area contributed by atoms with Gasteiger partial charge in [-0.25, -0.2) is 8.78 Å². The molecule has 14 heavy (non-hydrogen) atoms. The van der Waals surface area contributed by atoms with Gasteiger partial charge in [-0.3, -0.25) is 0 Å². The molecule has 1 aromatic rings. The van der Waals surface area contributed by atoms with E-state index in [-0.39, 0.29) is 17.2 Å². The lowest BCUT2D eigenvalue weighted by Crippen LogP contribution is -2.36. The van der Waals surface area contributed by atoms with E-state index >= 15 is 0 Å². The van der Waals surface area contributed by atoms with Gasteiger partial charge in [-0.2, -0.15) is 0 Å². The highest BCUT2D eigenvalue weighted by atomic mass is 19.1. The maximum atomic E-state index is 13.5. The van der Waals surface area contributed by atoms with Crippen molar-refractivity contribution < 1.29 is 13.9 Å². The first kappa shape index (κ1) is 9.40. The summed E-state index contributed by atoms with van der Waals surface area (Å²) in [6.45, 7) is 2.33. The van der Waals surface area contributed by atoms with E-state index in [2.05, 4.69) is 5.32 Å². The highest BCUT2D eigenvalue weighted by Crippen LogP contribution is 2.33. The largest absolute Gasteiger partial charge is 0.505 e. The van der Waals surface area contributed by atoms with Gasteiger partial charge in [-0.1, -0.05) is 0 Å². The summed E-state index contributed by atoms with van der Waals surface area (Å²) in [6.07, 6.45) is 0.778. The van der Waals surface area contributed by atoms with Crippen LogP contribution in [0.2, 0.25) is 0 Å². The summed E-state index contributed by atoms with van der Waals surface area (Å²) >= 11 is 0. The Morgan fingerprint density at radius 3 is 2.64 bits per heavy atom. The minimum Gasteiger partial charge on any atom is -0.505 e. The molecule has 0 aliphatic carbocycles. The molecule has 0 saturated carbocycles. The molecule has 0 unspecified atom stereocenters. The second kappa shape index (κ2) is 3.20. The van der Waals surface area contributed by atoms with Crippen LogP contribution in [0.25, 0.3) is 0 Å². The van der Waals surface area contributed by atoms with Gasteiger partial charge >= 0.3 is 0 Å². The number of rotatable bonds is 1. The molecule has 0 bridgehead atoms. The van der Waals surface area contributed by atoms with Crippen molar-refractivity contribution in [3.05, 3.63) is 28.8 Å². The van der Waals surface area contributed by atoms with E-state index in [4.69, 9.17) is 5.11 Å². The zero-order chi connectivity index (χ0) is 10.3. The Hall–Kier alpha value is -1.16. The summed E-state index contributed by atoms with van der Waals surface area (Å²) < 4.78 is 26.6. The van der Waals surface area contributed by atoms with Crippen LogP contribution in [0.3, 0.4) is 0 Å². The van der Waals surface area contributed by atoms with Crippen molar-refractivity contribution >= 4 is 0 Å². The molecule has 0 amide bonds. The van der Waals surface area contributed by atoms with Gasteiger partial charge in [0.05, 0.1) is 0 Å². The van der Waals surface area contributed by atoms with Gasteiger partial charge in [0.15, 0.2) is 11.6 Å². The Kier molecular flexibility index (Phi) is 2.15. The van der Waals surface area contributed by atoms with E-state index < -0.39 is 17.4 Å². The summed E-state index contributed by atoms with van der Waals surface area (Å²) in [5.74, 6) is -1.88. The van der Waals surface area contributed by atoms with Gasteiger partial charge < -0.3 is 10.4 Å². The molecule has 1 aromatic carbocycles. The average molecular weight is 199 g/mol. The van der Waals surface area contributed by atoms with E-state index in [1.807, 2.05) is 0 Å². The van der Waals surface area contributed by atoms with Crippen molar-refractivity contribution in [2.75, 3.05) is 6.54 Å². The van der Waals surface area contributed by atoms with Crippen LogP contribution in [-0.4, -0.2) is 11.7 Å². The molecular weight excluding hydrogens is 188 g/mol. The van der Waals surface area contributed by atoms with Gasteiger partial charge in [0.2, 0.25) is 0 Å². The van der Waals surface area contributed by atoms with E-state index in [0.29, 0.717) is 0 Å². The fourth-order valence-corrected chi connectivity index (χ4v) is 1.67. The molecule has 4 heteroatoms. The van der Waals surface area contributed by atoms with E-state index in [0.717, 1.165) is 19.0 Å². The van der Waals surface area contributed by atoms with Crippen molar-refractivity contribution in [3.63, 3.8) is 0 Å². The zero-order valence-electron chi connectivity index (χ0n) is 7.77. The van der Waals surface area contributed by atoms with Crippen LogP contribution in [0, 0.1) is 18.6 Å². The van der Waals surface area contributed by atoms with Gasteiger partial charge in [0, 0.05) is 17.7 Å². The van der Waals surface area contributed by atoms with Crippen LogP contribution in [-0.2, 0) is 0 Å². The minimum absolute atomic E-state index is 0.156. The molecule has 1 fully saturated rings. The lowest BCUT2D eigenvalue weighted by molar-refractivity contribution is 0.353. The van der Waals surface area contributed by atoms with Crippen LogP contribution < -0.4 is 5.32 Å². The Balaban J connectivity index is 2.54.